The van der Waals surface area contributed by atoms with Gasteiger partial charge in [-0.3, -0.25) is 0 Å². The van der Waals surface area contributed by atoms with Gasteiger partial charge in [-0.2, -0.15) is 10.4 Å². The van der Waals surface area contributed by atoms with E-state index in [1.165, 1.54) is 22.9 Å². The van der Waals surface area contributed by atoms with E-state index < -0.39 is 11.6 Å². The Kier molecular flexibility index (Phi) is 3.96. The molecule has 3 aromatic rings. The smallest absolute Gasteiger partial charge is 0.223 e. The molecule has 2 heterocycles. The van der Waals surface area contributed by atoms with Crippen molar-refractivity contribution in [2.75, 3.05) is 0 Å². The van der Waals surface area contributed by atoms with Crippen LogP contribution >= 0.6 is 0 Å². The van der Waals surface area contributed by atoms with Crippen LogP contribution in [0.25, 0.3) is 11.3 Å². The van der Waals surface area contributed by atoms with Crippen LogP contribution in [0, 0.1) is 29.9 Å². The number of ether oxygens (including phenoxy) is 1. The van der Waals surface area contributed by atoms with E-state index in [4.69, 9.17) is 4.74 Å². The van der Waals surface area contributed by atoms with E-state index in [1.807, 2.05) is 13.0 Å². The maximum absolute atomic E-state index is 13.4. The highest BCUT2D eigenvalue weighted by molar-refractivity contribution is 5.62. The molecule has 0 unspecified atom stereocenters. The maximum Gasteiger partial charge on any atom is 0.223 e. The van der Waals surface area contributed by atoms with E-state index >= 15 is 0 Å². The molecule has 3 rings (SSSR count). The highest BCUT2D eigenvalue weighted by Crippen LogP contribution is 2.26. The molecule has 1 aromatic carbocycles. The monoisotopic (exact) mass is 326 g/mol. The van der Waals surface area contributed by atoms with Crippen molar-refractivity contribution >= 4 is 0 Å². The highest BCUT2D eigenvalue weighted by atomic mass is 19.2. The quantitative estimate of drug-likeness (QED) is 0.735. The second kappa shape index (κ2) is 6.08. The molecule has 0 atom stereocenters. The fourth-order valence-corrected chi connectivity index (χ4v) is 2.21. The van der Waals surface area contributed by atoms with Gasteiger partial charge >= 0.3 is 0 Å². The molecule has 0 aliphatic carbocycles. The topological polar surface area (TPSA) is 63.7 Å². The summed E-state index contributed by atoms with van der Waals surface area (Å²) in [7, 11) is 1.72. The van der Waals surface area contributed by atoms with Crippen LogP contribution in [0.5, 0.6) is 11.8 Å². The number of benzene rings is 1. The van der Waals surface area contributed by atoms with Crippen LogP contribution in [0.1, 0.15) is 11.3 Å². The lowest BCUT2D eigenvalue weighted by molar-refractivity contribution is 0.416. The lowest BCUT2D eigenvalue weighted by Gasteiger charge is -2.08. The average molecular weight is 326 g/mol. The zero-order chi connectivity index (χ0) is 17.3. The number of hydrogen-bond acceptors (Lipinski definition) is 4. The van der Waals surface area contributed by atoms with E-state index in [9.17, 15) is 14.0 Å². The molecule has 7 heteroatoms. The van der Waals surface area contributed by atoms with Crippen molar-refractivity contribution in [3.05, 3.63) is 59.3 Å². The number of hydrogen-bond donors (Lipinski definition) is 0. The predicted molar refractivity (Wildman–Crippen MR) is 82.3 cm³/mol. The van der Waals surface area contributed by atoms with Gasteiger partial charge in [0.25, 0.3) is 0 Å². The third-order valence-corrected chi connectivity index (χ3v) is 3.31. The van der Waals surface area contributed by atoms with Gasteiger partial charge in [-0.05, 0) is 31.2 Å². The van der Waals surface area contributed by atoms with Crippen molar-refractivity contribution in [2.45, 2.75) is 6.92 Å². The Morgan fingerprint density at radius 2 is 1.92 bits per heavy atom. The average Bonchev–Trinajstić information content (AvgIpc) is 2.87. The van der Waals surface area contributed by atoms with Crippen LogP contribution in [-0.4, -0.2) is 14.8 Å². The molecule has 2 aromatic heterocycles. The van der Waals surface area contributed by atoms with Gasteiger partial charge < -0.3 is 4.74 Å². The van der Waals surface area contributed by atoms with Gasteiger partial charge in [-0.1, -0.05) is 0 Å². The van der Waals surface area contributed by atoms with Crippen LogP contribution in [0.2, 0.25) is 0 Å². The summed E-state index contributed by atoms with van der Waals surface area (Å²) in [6.07, 6.45) is 0. The Bertz CT molecular complexity index is 960. The van der Waals surface area contributed by atoms with Crippen molar-refractivity contribution in [2.24, 2.45) is 7.05 Å². The van der Waals surface area contributed by atoms with Gasteiger partial charge in [-0.15, -0.1) is 0 Å². The van der Waals surface area contributed by atoms with E-state index in [-0.39, 0.29) is 5.88 Å². The second-order valence-electron chi connectivity index (χ2n) is 5.17. The van der Waals surface area contributed by atoms with E-state index in [2.05, 4.69) is 10.1 Å². The fraction of sp³-hybridized carbons (Fsp3) is 0.118. The molecule has 0 aliphatic rings. The van der Waals surface area contributed by atoms with Gasteiger partial charge in [0, 0.05) is 24.7 Å². The first-order chi connectivity index (χ1) is 11.5. The highest BCUT2D eigenvalue weighted by Gasteiger charge is 2.11. The standard InChI is InChI=1S/C17H12F2N4O/c1-10-5-17(23(2)22-10)24-16-7-11(9-20)6-15(21-16)12-3-4-13(18)14(19)8-12/h3-8H,1-2H3. The first-order valence-electron chi connectivity index (χ1n) is 7.02. The Hall–Kier alpha value is -3.27. The first kappa shape index (κ1) is 15.6. The molecule has 24 heavy (non-hydrogen) atoms. The lowest BCUT2D eigenvalue weighted by atomic mass is 10.1. The van der Waals surface area contributed by atoms with Gasteiger partial charge in [-0.25, -0.2) is 18.4 Å². The Morgan fingerprint density at radius 1 is 1.12 bits per heavy atom. The summed E-state index contributed by atoms with van der Waals surface area (Å²) in [5, 5.41) is 13.3. The Labute approximate surface area is 136 Å². The molecule has 0 aliphatic heterocycles. The van der Waals surface area contributed by atoms with Crippen LogP contribution in [0.3, 0.4) is 0 Å². The summed E-state index contributed by atoms with van der Waals surface area (Å²) < 4.78 is 33.7. The number of nitriles is 1. The second-order valence-corrected chi connectivity index (χ2v) is 5.17. The zero-order valence-corrected chi connectivity index (χ0v) is 12.9. The third kappa shape index (κ3) is 3.08. The fourth-order valence-electron chi connectivity index (χ4n) is 2.21. The number of pyridine rings is 1. The molecular weight excluding hydrogens is 314 g/mol. The van der Waals surface area contributed by atoms with E-state index in [0.717, 1.165) is 17.8 Å². The molecular formula is C17H12F2N4O. The molecule has 0 radical (unpaired) electrons. The van der Waals surface area contributed by atoms with E-state index in [0.29, 0.717) is 22.7 Å². The van der Waals surface area contributed by atoms with Gasteiger partial charge in [0.05, 0.1) is 23.0 Å². The summed E-state index contributed by atoms with van der Waals surface area (Å²) in [4.78, 5) is 4.26. The minimum atomic E-state index is -0.985. The molecule has 0 saturated carbocycles. The predicted octanol–water partition coefficient (Wildman–Crippen LogP) is 3.73. The number of nitrogens with zero attached hydrogens (tertiary/aromatic N) is 4. The zero-order valence-electron chi connectivity index (χ0n) is 12.9. The van der Waals surface area contributed by atoms with Gasteiger partial charge in [0.15, 0.2) is 11.6 Å². The maximum atomic E-state index is 13.4. The summed E-state index contributed by atoms with van der Waals surface area (Å²) >= 11 is 0. The number of rotatable bonds is 3. The van der Waals surface area contributed by atoms with E-state index in [1.54, 1.807) is 13.1 Å². The van der Waals surface area contributed by atoms with Crippen molar-refractivity contribution in [3.63, 3.8) is 0 Å². The first-order valence-corrected chi connectivity index (χ1v) is 7.02. The van der Waals surface area contributed by atoms with Crippen LogP contribution < -0.4 is 4.74 Å². The molecule has 0 bridgehead atoms. The van der Waals surface area contributed by atoms with Crippen molar-refractivity contribution in [3.8, 4) is 29.1 Å². The summed E-state index contributed by atoms with van der Waals surface area (Å²) in [6.45, 7) is 1.82. The van der Waals surface area contributed by atoms with Crippen LogP contribution in [0.4, 0.5) is 8.78 Å². The van der Waals surface area contributed by atoms with Gasteiger partial charge in [0.2, 0.25) is 11.8 Å². The molecule has 5 nitrogen and oxygen atoms in total. The number of halogens is 2. The molecule has 0 fully saturated rings. The number of aromatic nitrogens is 3. The van der Waals surface area contributed by atoms with Crippen molar-refractivity contribution < 1.29 is 13.5 Å². The summed E-state index contributed by atoms with van der Waals surface area (Å²) in [6, 6.07) is 10.1. The molecule has 0 amide bonds. The SMILES string of the molecule is Cc1cc(Oc2cc(C#N)cc(-c3ccc(F)c(F)c3)n2)n(C)n1. The molecule has 0 saturated heterocycles. The third-order valence-electron chi connectivity index (χ3n) is 3.31. The number of aryl methyl sites for hydroxylation is 2. The molecule has 0 spiro atoms. The summed E-state index contributed by atoms with van der Waals surface area (Å²) in [5.41, 5.74) is 1.71. The molecule has 0 N–H and O–H groups in total. The Balaban J connectivity index is 2.03. The lowest BCUT2D eigenvalue weighted by Crippen LogP contribution is -1.98. The van der Waals surface area contributed by atoms with Crippen LogP contribution in [-0.2, 0) is 7.05 Å². The largest absolute Gasteiger partial charge is 0.421 e. The van der Waals surface area contributed by atoms with Crippen molar-refractivity contribution in [1.29, 1.82) is 5.26 Å². The minimum Gasteiger partial charge on any atom is -0.421 e. The summed E-state index contributed by atoms with van der Waals surface area (Å²) in [5.74, 6) is -1.32. The van der Waals surface area contributed by atoms with Crippen molar-refractivity contribution in [1.82, 2.24) is 14.8 Å². The normalized spacial score (nSPS) is 10.5. The Morgan fingerprint density at radius 3 is 2.54 bits per heavy atom. The minimum absolute atomic E-state index is 0.164. The van der Waals surface area contributed by atoms with Crippen LogP contribution in [0.15, 0.2) is 36.4 Å². The molecule has 120 valence electrons. The van der Waals surface area contributed by atoms with Gasteiger partial charge in [0.1, 0.15) is 0 Å².